The van der Waals surface area contributed by atoms with E-state index in [0.29, 0.717) is 0 Å². The lowest BCUT2D eigenvalue weighted by molar-refractivity contribution is 1.08. The molecule has 0 bridgehead atoms. The van der Waals surface area contributed by atoms with Crippen molar-refractivity contribution in [3.63, 3.8) is 0 Å². The van der Waals surface area contributed by atoms with Gasteiger partial charge >= 0.3 is 0 Å². The molecule has 4 heteroatoms. The third-order valence-electron chi connectivity index (χ3n) is 2.11. The van der Waals surface area contributed by atoms with Gasteiger partial charge < -0.3 is 10.3 Å². The van der Waals surface area contributed by atoms with Gasteiger partial charge in [0.25, 0.3) is 0 Å². The van der Waals surface area contributed by atoms with Crippen LogP contribution in [-0.4, -0.2) is 9.97 Å². The van der Waals surface area contributed by atoms with E-state index in [1.54, 1.807) is 0 Å². The summed E-state index contributed by atoms with van der Waals surface area (Å²) in [6, 6.07) is 8.14. The van der Waals surface area contributed by atoms with Gasteiger partial charge in [0.2, 0.25) is 5.95 Å². The van der Waals surface area contributed by atoms with Crippen LogP contribution in [-0.2, 0) is 6.54 Å². The van der Waals surface area contributed by atoms with Crippen molar-refractivity contribution in [2.45, 2.75) is 13.5 Å². The Morgan fingerprint density at radius 2 is 2.20 bits per heavy atom. The fourth-order valence-electron chi connectivity index (χ4n) is 1.32. The molecule has 0 aliphatic carbocycles. The van der Waals surface area contributed by atoms with Crippen molar-refractivity contribution < 1.29 is 0 Å². The molecule has 0 amide bonds. The first kappa shape index (κ1) is 10.2. The quantitative estimate of drug-likeness (QED) is 0.896. The molecule has 1 heterocycles. The Morgan fingerprint density at radius 3 is 2.87 bits per heavy atom. The van der Waals surface area contributed by atoms with Gasteiger partial charge in [-0.2, -0.15) is 0 Å². The van der Waals surface area contributed by atoms with Gasteiger partial charge in [0, 0.05) is 22.9 Å². The van der Waals surface area contributed by atoms with Crippen LogP contribution in [0.25, 0.3) is 0 Å². The molecule has 1 aromatic carbocycles. The number of hydrogen-bond acceptors (Lipinski definition) is 2. The van der Waals surface area contributed by atoms with Gasteiger partial charge in [-0.05, 0) is 18.6 Å². The molecule has 15 heavy (non-hydrogen) atoms. The van der Waals surface area contributed by atoms with E-state index < -0.39 is 0 Å². The minimum Gasteiger partial charge on any atom is -0.352 e. The van der Waals surface area contributed by atoms with Crippen molar-refractivity contribution in [1.29, 1.82) is 0 Å². The van der Waals surface area contributed by atoms with Crippen LogP contribution in [0.15, 0.2) is 34.9 Å². The zero-order chi connectivity index (χ0) is 10.7. The average molecular weight is 266 g/mol. The summed E-state index contributed by atoms with van der Waals surface area (Å²) in [4.78, 5) is 7.31. The minimum atomic E-state index is 0.758. The molecule has 2 aromatic rings. The van der Waals surface area contributed by atoms with Gasteiger partial charge in [-0.25, -0.2) is 4.98 Å². The summed E-state index contributed by atoms with van der Waals surface area (Å²) in [6.07, 6.45) is 1.81. The second-order valence-corrected chi connectivity index (χ2v) is 4.21. The van der Waals surface area contributed by atoms with E-state index in [1.807, 2.05) is 31.3 Å². The highest BCUT2D eigenvalue weighted by Crippen LogP contribution is 2.16. The molecule has 0 fully saturated rings. The van der Waals surface area contributed by atoms with Crippen molar-refractivity contribution in [3.05, 3.63) is 46.2 Å². The maximum absolute atomic E-state index is 4.18. The molecule has 2 N–H and O–H groups in total. The lowest BCUT2D eigenvalue weighted by Gasteiger charge is -2.04. The fourth-order valence-corrected chi connectivity index (χ4v) is 1.75. The molecule has 1 aromatic heterocycles. The molecule has 0 aliphatic heterocycles. The summed E-state index contributed by atoms with van der Waals surface area (Å²) in [5, 5.41) is 3.23. The fraction of sp³-hybridized carbons (Fsp3) is 0.182. The Kier molecular flexibility index (Phi) is 3.06. The van der Waals surface area contributed by atoms with Crippen molar-refractivity contribution in [2.24, 2.45) is 0 Å². The maximum atomic E-state index is 4.18. The Hall–Kier alpha value is -1.29. The predicted octanol–water partition coefficient (Wildman–Crippen LogP) is 3.09. The van der Waals surface area contributed by atoms with E-state index in [2.05, 4.69) is 37.3 Å². The highest BCUT2D eigenvalue weighted by atomic mass is 79.9. The zero-order valence-electron chi connectivity index (χ0n) is 8.42. The molecule has 0 radical (unpaired) electrons. The van der Waals surface area contributed by atoms with Crippen molar-refractivity contribution in [3.8, 4) is 0 Å². The average Bonchev–Trinajstić information content (AvgIpc) is 2.63. The highest BCUT2D eigenvalue weighted by Gasteiger charge is 1.99. The summed E-state index contributed by atoms with van der Waals surface area (Å²) in [6.45, 7) is 2.74. The second-order valence-electron chi connectivity index (χ2n) is 3.36. The molecular weight excluding hydrogens is 254 g/mol. The molecule has 0 saturated heterocycles. The Balaban J connectivity index is 2.02. The number of nitrogens with zero attached hydrogens (tertiary/aromatic N) is 1. The molecule has 0 atom stereocenters. The Morgan fingerprint density at radius 1 is 1.40 bits per heavy atom. The number of H-pyrrole nitrogens is 1. The van der Waals surface area contributed by atoms with E-state index >= 15 is 0 Å². The van der Waals surface area contributed by atoms with Crippen molar-refractivity contribution in [1.82, 2.24) is 9.97 Å². The van der Waals surface area contributed by atoms with Crippen LogP contribution in [0.4, 0.5) is 5.95 Å². The van der Waals surface area contributed by atoms with Crippen LogP contribution in [0.1, 0.15) is 11.3 Å². The van der Waals surface area contributed by atoms with E-state index in [0.717, 1.165) is 22.7 Å². The summed E-state index contributed by atoms with van der Waals surface area (Å²) in [7, 11) is 0. The number of nitrogens with one attached hydrogen (secondary N) is 2. The molecule has 2 rings (SSSR count). The summed E-state index contributed by atoms with van der Waals surface area (Å²) in [5.41, 5.74) is 2.27. The number of rotatable bonds is 3. The maximum Gasteiger partial charge on any atom is 0.200 e. The minimum absolute atomic E-state index is 0.758. The van der Waals surface area contributed by atoms with E-state index in [1.165, 1.54) is 5.56 Å². The van der Waals surface area contributed by atoms with Gasteiger partial charge in [-0.3, -0.25) is 0 Å². The van der Waals surface area contributed by atoms with E-state index in [4.69, 9.17) is 0 Å². The van der Waals surface area contributed by atoms with Crippen LogP contribution >= 0.6 is 15.9 Å². The monoisotopic (exact) mass is 265 g/mol. The van der Waals surface area contributed by atoms with Crippen LogP contribution in [0.3, 0.4) is 0 Å². The molecular formula is C11H12BrN3. The number of imidazole rings is 1. The number of aryl methyl sites for hydroxylation is 1. The van der Waals surface area contributed by atoms with Crippen LogP contribution in [0.2, 0.25) is 0 Å². The Labute approximate surface area is 97.1 Å². The number of hydrogen-bond donors (Lipinski definition) is 2. The first-order valence-corrected chi connectivity index (χ1v) is 5.54. The predicted molar refractivity (Wildman–Crippen MR) is 64.8 cm³/mol. The second kappa shape index (κ2) is 4.49. The summed E-state index contributed by atoms with van der Waals surface area (Å²) >= 11 is 3.50. The van der Waals surface area contributed by atoms with Gasteiger partial charge in [0.05, 0.1) is 0 Å². The summed E-state index contributed by atoms with van der Waals surface area (Å²) in [5.74, 6) is 0.809. The smallest absolute Gasteiger partial charge is 0.200 e. The first-order chi connectivity index (χ1) is 7.25. The van der Waals surface area contributed by atoms with Crippen molar-refractivity contribution >= 4 is 21.9 Å². The van der Waals surface area contributed by atoms with E-state index in [-0.39, 0.29) is 0 Å². The lowest BCUT2D eigenvalue weighted by Crippen LogP contribution is -2.01. The molecule has 0 saturated carbocycles. The third kappa shape index (κ3) is 2.59. The number of halogens is 1. The SMILES string of the molecule is Cc1cnc(NCc2ccccc2Br)[nH]1. The topological polar surface area (TPSA) is 40.7 Å². The van der Waals surface area contributed by atoms with E-state index in [9.17, 15) is 0 Å². The van der Waals surface area contributed by atoms with Crippen molar-refractivity contribution in [2.75, 3.05) is 5.32 Å². The van der Waals surface area contributed by atoms with Crippen LogP contribution in [0, 0.1) is 6.92 Å². The lowest BCUT2D eigenvalue weighted by atomic mass is 10.2. The van der Waals surface area contributed by atoms with Crippen LogP contribution in [0.5, 0.6) is 0 Å². The first-order valence-electron chi connectivity index (χ1n) is 4.74. The normalized spacial score (nSPS) is 10.3. The zero-order valence-corrected chi connectivity index (χ0v) is 10.0. The van der Waals surface area contributed by atoms with Crippen LogP contribution < -0.4 is 5.32 Å². The van der Waals surface area contributed by atoms with Gasteiger partial charge in [0.15, 0.2) is 0 Å². The molecule has 0 aliphatic rings. The van der Waals surface area contributed by atoms with Gasteiger partial charge in [-0.1, -0.05) is 34.1 Å². The molecule has 0 unspecified atom stereocenters. The Bertz CT molecular complexity index is 451. The third-order valence-corrected chi connectivity index (χ3v) is 2.88. The molecule has 0 spiro atoms. The number of benzene rings is 1. The number of aromatic amines is 1. The molecule has 78 valence electrons. The number of aromatic nitrogens is 2. The highest BCUT2D eigenvalue weighted by molar-refractivity contribution is 9.10. The number of anilines is 1. The van der Waals surface area contributed by atoms with Gasteiger partial charge in [-0.15, -0.1) is 0 Å². The standard InChI is InChI=1S/C11H12BrN3/c1-8-6-13-11(15-8)14-7-9-4-2-3-5-10(9)12/h2-6H,7H2,1H3,(H2,13,14,15). The summed E-state index contributed by atoms with van der Waals surface area (Å²) < 4.78 is 1.11. The molecule has 3 nitrogen and oxygen atoms in total. The van der Waals surface area contributed by atoms with Gasteiger partial charge in [0.1, 0.15) is 0 Å². The largest absolute Gasteiger partial charge is 0.352 e.